The van der Waals surface area contributed by atoms with Crippen LogP contribution in [0.4, 0.5) is 0 Å². The van der Waals surface area contributed by atoms with Crippen LogP contribution in [0.15, 0.2) is 11.6 Å². The number of hydrogen-bond acceptors (Lipinski definition) is 14. The van der Waals surface area contributed by atoms with Gasteiger partial charge < -0.3 is 70.0 Å². The van der Waals surface area contributed by atoms with Crippen LogP contribution >= 0.6 is 0 Å². The van der Waals surface area contributed by atoms with Crippen LogP contribution in [-0.4, -0.2) is 150 Å². The smallest absolute Gasteiger partial charge is 0.187 e. The van der Waals surface area contributed by atoms with Crippen molar-refractivity contribution in [2.75, 3.05) is 13.2 Å². The summed E-state index contributed by atoms with van der Waals surface area (Å²) in [6, 6.07) is 0. The monoisotopic (exact) mass is 800 g/mol. The average molecular weight is 801 g/mol. The molecule has 56 heavy (non-hydrogen) atoms. The molecule has 6 aliphatic rings. The Morgan fingerprint density at radius 3 is 1.89 bits per heavy atom. The van der Waals surface area contributed by atoms with Crippen LogP contribution in [-0.2, 0) is 18.9 Å². The third kappa shape index (κ3) is 7.06. The highest BCUT2D eigenvalue weighted by molar-refractivity contribution is 5.22. The van der Waals surface area contributed by atoms with Gasteiger partial charge in [0.25, 0.3) is 0 Å². The zero-order chi connectivity index (χ0) is 41.5. The summed E-state index contributed by atoms with van der Waals surface area (Å²) in [6.45, 7) is 15.7. The Kier molecular flexibility index (Phi) is 12.7. The zero-order valence-electron chi connectivity index (χ0n) is 34.6. The maximum Gasteiger partial charge on any atom is 0.187 e. The van der Waals surface area contributed by atoms with Crippen molar-refractivity contribution in [2.45, 2.75) is 192 Å². The number of allylic oxidation sites excluding steroid dienone is 2. The topological polar surface area (TPSA) is 239 Å². The van der Waals surface area contributed by atoms with Crippen molar-refractivity contribution >= 4 is 0 Å². The molecule has 0 aromatic carbocycles. The molecule has 2 saturated heterocycles. The van der Waals surface area contributed by atoms with Crippen LogP contribution < -0.4 is 0 Å². The van der Waals surface area contributed by atoms with Crippen LogP contribution in [0.3, 0.4) is 0 Å². The van der Waals surface area contributed by atoms with Gasteiger partial charge in [0.05, 0.1) is 37.1 Å². The maximum atomic E-state index is 12.6. The van der Waals surface area contributed by atoms with E-state index in [0.29, 0.717) is 44.9 Å². The summed E-state index contributed by atoms with van der Waals surface area (Å²) >= 11 is 0. The van der Waals surface area contributed by atoms with Gasteiger partial charge in [-0.25, -0.2) is 0 Å². The molecule has 0 radical (unpaired) electrons. The van der Waals surface area contributed by atoms with Crippen molar-refractivity contribution < 1.29 is 70.0 Å². The van der Waals surface area contributed by atoms with Gasteiger partial charge in [-0.1, -0.05) is 46.3 Å². The van der Waals surface area contributed by atoms with E-state index >= 15 is 0 Å². The quantitative estimate of drug-likeness (QED) is 0.110. The van der Waals surface area contributed by atoms with Gasteiger partial charge in [0.2, 0.25) is 0 Å². The van der Waals surface area contributed by atoms with E-state index in [9.17, 15) is 51.1 Å². The molecule has 0 amide bonds. The van der Waals surface area contributed by atoms with Gasteiger partial charge in [-0.2, -0.15) is 0 Å². The first-order chi connectivity index (χ1) is 26.0. The summed E-state index contributed by atoms with van der Waals surface area (Å²) in [5, 5.41) is 109. The van der Waals surface area contributed by atoms with E-state index < -0.39 is 120 Å². The second-order valence-corrected chi connectivity index (χ2v) is 20.2. The van der Waals surface area contributed by atoms with Crippen LogP contribution in [0.5, 0.6) is 0 Å². The molecule has 3 unspecified atom stereocenters. The Morgan fingerprint density at radius 1 is 0.750 bits per heavy atom. The van der Waals surface area contributed by atoms with Crippen LogP contribution in [0, 0.1) is 45.3 Å². The first-order valence-electron chi connectivity index (χ1n) is 21.0. The standard InChI is InChI=1S/C42H72O14/c1-20(2)10-9-13-42(8,56-37-34(52)32(50)30(48)25(19-44)55-37)21-11-15-40(6)28(21)22(45)16-26-39(5)14-12-27(46)38(3,4)35(39)23(17-41(26,40)7)53-36-33(51)31(49)29(47)24(18-43)54-36/h10,21-37,43-52H,9,11-19H2,1-8H3/t21-,22+,23-,24+,25+,26+,27?,28-,29+,30+,31-,32-,33+,34+,35-,36+,37-,39+,40?,41+,42?/m0/s1. The highest BCUT2D eigenvalue weighted by Gasteiger charge is 2.74. The number of rotatable bonds is 10. The van der Waals surface area contributed by atoms with Crippen molar-refractivity contribution in [3.05, 3.63) is 11.6 Å². The van der Waals surface area contributed by atoms with E-state index in [4.69, 9.17) is 18.9 Å². The molecule has 21 atom stereocenters. The fraction of sp³-hybridized carbons (Fsp3) is 0.952. The number of fused-ring (bicyclic) bond motifs is 5. The van der Waals surface area contributed by atoms with Gasteiger partial charge in [0, 0.05) is 0 Å². The van der Waals surface area contributed by atoms with Gasteiger partial charge in [0.1, 0.15) is 48.8 Å². The summed E-state index contributed by atoms with van der Waals surface area (Å²) < 4.78 is 25.4. The van der Waals surface area contributed by atoms with E-state index in [1.807, 2.05) is 34.6 Å². The lowest BCUT2D eigenvalue weighted by Crippen LogP contribution is -2.71. The van der Waals surface area contributed by atoms with E-state index in [2.05, 4.69) is 26.8 Å². The summed E-state index contributed by atoms with van der Waals surface area (Å²) in [7, 11) is 0. The first kappa shape index (κ1) is 44.7. The van der Waals surface area contributed by atoms with Gasteiger partial charge in [-0.15, -0.1) is 0 Å². The lowest BCUT2D eigenvalue weighted by Gasteiger charge is -2.72. The Morgan fingerprint density at radius 2 is 1.32 bits per heavy atom. The summed E-state index contributed by atoms with van der Waals surface area (Å²) in [5.74, 6) is -0.781. The molecule has 2 aliphatic heterocycles. The Hall–Kier alpha value is -0.820. The number of aliphatic hydroxyl groups excluding tert-OH is 10. The van der Waals surface area contributed by atoms with Gasteiger partial charge >= 0.3 is 0 Å². The molecule has 324 valence electrons. The maximum absolute atomic E-state index is 12.6. The van der Waals surface area contributed by atoms with Crippen molar-refractivity contribution in [1.82, 2.24) is 0 Å². The number of hydrogen-bond donors (Lipinski definition) is 10. The molecule has 0 spiro atoms. The molecular weight excluding hydrogens is 728 g/mol. The summed E-state index contributed by atoms with van der Waals surface area (Å²) in [6.07, 6.45) is -9.52. The van der Waals surface area contributed by atoms with E-state index in [0.717, 1.165) is 12.0 Å². The zero-order valence-corrected chi connectivity index (χ0v) is 34.6. The summed E-state index contributed by atoms with van der Waals surface area (Å²) in [5.41, 5.74) is -1.92. The second-order valence-electron chi connectivity index (χ2n) is 20.2. The highest BCUT2D eigenvalue weighted by atomic mass is 16.7. The second kappa shape index (κ2) is 15.9. The molecule has 6 fully saturated rings. The predicted octanol–water partition coefficient (Wildman–Crippen LogP) is 1.12. The molecule has 0 aromatic heterocycles. The molecule has 14 nitrogen and oxygen atoms in total. The molecule has 2 heterocycles. The molecule has 14 heteroatoms. The molecule has 4 aliphatic carbocycles. The molecule has 10 N–H and O–H groups in total. The third-order valence-corrected chi connectivity index (χ3v) is 16.6. The molecule has 6 rings (SSSR count). The largest absolute Gasteiger partial charge is 0.394 e. The minimum atomic E-state index is -1.61. The van der Waals surface area contributed by atoms with Crippen molar-refractivity contribution in [3.8, 4) is 0 Å². The fourth-order valence-electron chi connectivity index (χ4n) is 13.5. The SMILES string of the molecule is CC(C)=CCCC(C)(O[C@@H]1O[C@H](CO)[C@@H](O)[C@H](O)[C@H]1O)[C@H]1CCC2(C)[C@@H]1[C@H](O)C[C@@H]1[C@@]3(C)CCC(O)C(C)(C)[C@@H]3[C@@H](O[C@@H]3O[C@H](CO)[C@@H](O)[C@H](O)[C@H]3O)C[C@]12C. The van der Waals surface area contributed by atoms with Crippen LogP contribution in [0.2, 0.25) is 0 Å². The normalized spacial score (nSPS) is 52.6. The Labute approximate surface area is 331 Å². The third-order valence-electron chi connectivity index (χ3n) is 16.6. The van der Waals surface area contributed by atoms with Gasteiger partial charge in [-0.05, 0) is 117 Å². The van der Waals surface area contributed by atoms with Crippen molar-refractivity contribution in [1.29, 1.82) is 0 Å². The average Bonchev–Trinajstić information content (AvgIpc) is 3.52. The molecule has 0 aromatic rings. The molecule has 0 bridgehead atoms. The lowest BCUT2D eigenvalue weighted by molar-refractivity contribution is -0.349. The van der Waals surface area contributed by atoms with E-state index in [1.165, 1.54) is 0 Å². The fourth-order valence-corrected chi connectivity index (χ4v) is 13.5. The summed E-state index contributed by atoms with van der Waals surface area (Å²) in [4.78, 5) is 0. The van der Waals surface area contributed by atoms with E-state index in [-0.39, 0.29) is 23.7 Å². The number of ether oxygens (including phenoxy) is 4. The minimum Gasteiger partial charge on any atom is -0.394 e. The van der Waals surface area contributed by atoms with Crippen molar-refractivity contribution in [3.63, 3.8) is 0 Å². The van der Waals surface area contributed by atoms with Crippen LogP contribution in [0.1, 0.15) is 107 Å². The molecule has 4 saturated carbocycles. The predicted molar refractivity (Wildman–Crippen MR) is 202 cm³/mol. The van der Waals surface area contributed by atoms with Gasteiger partial charge in [0.15, 0.2) is 12.6 Å². The van der Waals surface area contributed by atoms with Crippen LogP contribution in [0.25, 0.3) is 0 Å². The van der Waals surface area contributed by atoms with E-state index in [1.54, 1.807) is 0 Å². The highest BCUT2D eigenvalue weighted by Crippen LogP contribution is 2.76. The van der Waals surface area contributed by atoms with Gasteiger partial charge in [-0.3, -0.25) is 0 Å². The molecular formula is C42H72O14. The minimum absolute atomic E-state index is 0.000258. The van der Waals surface area contributed by atoms with Crippen molar-refractivity contribution in [2.24, 2.45) is 45.3 Å². The Bertz CT molecular complexity index is 1400. The first-order valence-corrected chi connectivity index (χ1v) is 21.0. The Balaban J connectivity index is 1.39. The lowest BCUT2D eigenvalue weighted by atomic mass is 9.34. The number of aliphatic hydroxyl groups is 10.